The van der Waals surface area contributed by atoms with Gasteiger partial charge in [-0.15, -0.1) is 0 Å². The van der Waals surface area contributed by atoms with E-state index < -0.39 is 0 Å². The van der Waals surface area contributed by atoms with Crippen molar-refractivity contribution in [3.05, 3.63) is 0 Å². The molecular formula is C10H23N3O. The highest BCUT2D eigenvalue weighted by molar-refractivity contribution is 5.79. The van der Waals surface area contributed by atoms with E-state index in [1.807, 2.05) is 6.92 Å². The highest BCUT2D eigenvalue weighted by Gasteiger charge is 2.14. The fourth-order valence-electron chi connectivity index (χ4n) is 1.44. The van der Waals surface area contributed by atoms with Crippen LogP contribution < -0.4 is 11.1 Å². The molecule has 84 valence electrons. The number of amides is 1. The van der Waals surface area contributed by atoms with E-state index in [0.29, 0.717) is 0 Å². The standard InChI is InChI=1S/C10H23N3O/c1-4-12-9(10(11)14)7-8-13(5-2)6-3/h9,12H,4-8H2,1-3H3,(H2,11,14). The highest BCUT2D eigenvalue weighted by atomic mass is 16.1. The van der Waals surface area contributed by atoms with Crippen molar-refractivity contribution in [1.29, 1.82) is 0 Å². The van der Waals surface area contributed by atoms with Crippen LogP contribution in [0, 0.1) is 0 Å². The maximum Gasteiger partial charge on any atom is 0.234 e. The molecule has 4 nitrogen and oxygen atoms in total. The second kappa shape index (κ2) is 7.76. The normalized spacial score (nSPS) is 13.1. The first-order valence-corrected chi connectivity index (χ1v) is 5.40. The summed E-state index contributed by atoms with van der Waals surface area (Å²) in [5.74, 6) is -0.251. The summed E-state index contributed by atoms with van der Waals surface area (Å²) in [6.07, 6.45) is 0.796. The van der Waals surface area contributed by atoms with E-state index in [-0.39, 0.29) is 11.9 Å². The molecule has 0 fully saturated rings. The van der Waals surface area contributed by atoms with Gasteiger partial charge in [-0.2, -0.15) is 0 Å². The van der Waals surface area contributed by atoms with Gasteiger partial charge in [-0.3, -0.25) is 4.79 Å². The number of nitrogens with two attached hydrogens (primary N) is 1. The monoisotopic (exact) mass is 201 g/mol. The largest absolute Gasteiger partial charge is 0.368 e. The summed E-state index contributed by atoms with van der Waals surface area (Å²) < 4.78 is 0. The van der Waals surface area contributed by atoms with E-state index in [1.54, 1.807) is 0 Å². The Morgan fingerprint density at radius 3 is 2.29 bits per heavy atom. The first-order chi connectivity index (χ1) is 6.65. The zero-order chi connectivity index (χ0) is 11.0. The number of carbonyl (C=O) groups is 1. The Labute approximate surface area is 86.8 Å². The molecule has 3 N–H and O–H groups in total. The number of rotatable bonds is 8. The van der Waals surface area contributed by atoms with Crippen LogP contribution in [0.4, 0.5) is 0 Å². The van der Waals surface area contributed by atoms with Crippen molar-refractivity contribution in [3.63, 3.8) is 0 Å². The molecular weight excluding hydrogens is 178 g/mol. The minimum Gasteiger partial charge on any atom is -0.368 e. The molecule has 0 aromatic carbocycles. The van der Waals surface area contributed by atoms with Crippen LogP contribution in [0.1, 0.15) is 27.2 Å². The van der Waals surface area contributed by atoms with Crippen LogP contribution in [0.15, 0.2) is 0 Å². The number of hydrogen-bond acceptors (Lipinski definition) is 3. The molecule has 0 aliphatic carbocycles. The Morgan fingerprint density at radius 1 is 1.36 bits per heavy atom. The van der Waals surface area contributed by atoms with E-state index in [9.17, 15) is 4.79 Å². The van der Waals surface area contributed by atoms with E-state index in [2.05, 4.69) is 24.1 Å². The molecule has 0 heterocycles. The Kier molecular flexibility index (Phi) is 7.42. The second-order valence-corrected chi connectivity index (χ2v) is 3.33. The lowest BCUT2D eigenvalue weighted by atomic mass is 10.2. The average molecular weight is 201 g/mol. The maximum atomic E-state index is 11.0. The molecule has 0 aliphatic rings. The lowest BCUT2D eigenvalue weighted by Crippen LogP contribution is -2.43. The van der Waals surface area contributed by atoms with E-state index in [4.69, 9.17) is 5.73 Å². The zero-order valence-corrected chi connectivity index (χ0v) is 9.55. The number of primary amides is 1. The van der Waals surface area contributed by atoms with Crippen molar-refractivity contribution in [2.45, 2.75) is 33.2 Å². The van der Waals surface area contributed by atoms with E-state index in [0.717, 1.165) is 32.6 Å². The highest BCUT2D eigenvalue weighted by Crippen LogP contribution is 1.96. The molecule has 1 amide bonds. The SMILES string of the molecule is CCNC(CCN(CC)CC)C(N)=O. The fourth-order valence-corrected chi connectivity index (χ4v) is 1.44. The summed E-state index contributed by atoms with van der Waals surface area (Å²) in [4.78, 5) is 13.3. The average Bonchev–Trinajstić information content (AvgIpc) is 2.17. The van der Waals surface area contributed by atoms with Crippen LogP contribution in [0.3, 0.4) is 0 Å². The van der Waals surface area contributed by atoms with Crippen LogP contribution >= 0.6 is 0 Å². The third-order valence-corrected chi connectivity index (χ3v) is 2.42. The summed E-state index contributed by atoms with van der Waals surface area (Å²) in [7, 11) is 0. The topological polar surface area (TPSA) is 58.4 Å². The molecule has 4 heteroatoms. The van der Waals surface area contributed by atoms with Gasteiger partial charge in [0.15, 0.2) is 0 Å². The van der Waals surface area contributed by atoms with E-state index >= 15 is 0 Å². The molecule has 1 atom stereocenters. The summed E-state index contributed by atoms with van der Waals surface area (Å²) in [6, 6.07) is -0.180. The number of likely N-dealkylation sites (N-methyl/N-ethyl adjacent to an activating group) is 1. The Bertz CT molecular complexity index is 157. The fraction of sp³-hybridized carbons (Fsp3) is 0.900. The lowest BCUT2D eigenvalue weighted by molar-refractivity contribution is -0.120. The minimum atomic E-state index is -0.251. The van der Waals surface area contributed by atoms with Gasteiger partial charge >= 0.3 is 0 Å². The van der Waals surface area contributed by atoms with Crippen LogP contribution in [-0.2, 0) is 4.79 Å². The van der Waals surface area contributed by atoms with Crippen molar-refractivity contribution in [2.75, 3.05) is 26.2 Å². The summed E-state index contributed by atoms with van der Waals surface area (Å²) >= 11 is 0. The van der Waals surface area contributed by atoms with Crippen molar-refractivity contribution in [1.82, 2.24) is 10.2 Å². The van der Waals surface area contributed by atoms with Gasteiger partial charge in [0.1, 0.15) is 0 Å². The van der Waals surface area contributed by atoms with Gasteiger partial charge in [0.25, 0.3) is 0 Å². The van der Waals surface area contributed by atoms with Gasteiger partial charge in [-0.05, 0) is 26.1 Å². The van der Waals surface area contributed by atoms with Crippen LogP contribution in [-0.4, -0.2) is 43.0 Å². The third-order valence-electron chi connectivity index (χ3n) is 2.42. The van der Waals surface area contributed by atoms with Gasteiger partial charge in [-0.25, -0.2) is 0 Å². The molecule has 14 heavy (non-hydrogen) atoms. The molecule has 0 aliphatic heterocycles. The third kappa shape index (κ3) is 5.19. The van der Waals surface area contributed by atoms with Gasteiger partial charge in [0.05, 0.1) is 6.04 Å². The number of hydrogen-bond donors (Lipinski definition) is 2. The zero-order valence-electron chi connectivity index (χ0n) is 9.55. The van der Waals surface area contributed by atoms with Crippen LogP contribution in [0.25, 0.3) is 0 Å². The molecule has 0 saturated heterocycles. The molecule has 0 bridgehead atoms. The van der Waals surface area contributed by atoms with E-state index in [1.165, 1.54) is 0 Å². The Balaban J connectivity index is 3.85. The molecule has 0 spiro atoms. The second-order valence-electron chi connectivity index (χ2n) is 3.33. The van der Waals surface area contributed by atoms with Gasteiger partial charge < -0.3 is 16.0 Å². The van der Waals surface area contributed by atoms with Gasteiger partial charge in [0, 0.05) is 6.54 Å². The number of nitrogens with zero attached hydrogens (tertiary/aromatic N) is 1. The van der Waals surface area contributed by atoms with Crippen LogP contribution in [0.5, 0.6) is 0 Å². The smallest absolute Gasteiger partial charge is 0.234 e. The predicted octanol–water partition coefficient (Wildman–Crippen LogP) is 0.182. The molecule has 1 unspecified atom stereocenters. The Hall–Kier alpha value is -0.610. The van der Waals surface area contributed by atoms with Crippen LogP contribution in [0.2, 0.25) is 0 Å². The Morgan fingerprint density at radius 2 is 1.93 bits per heavy atom. The molecule has 0 aromatic heterocycles. The molecule has 0 saturated carbocycles. The first-order valence-electron chi connectivity index (χ1n) is 5.40. The van der Waals surface area contributed by atoms with Crippen molar-refractivity contribution in [2.24, 2.45) is 5.73 Å². The summed E-state index contributed by atoms with van der Waals surface area (Å²) in [6.45, 7) is 9.97. The molecule has 0 rings (SSSR count). The maximum absolute atomic E-state index is 11.0. The summed E-state index contributed by atoms with van der Waals surface area (Å²) in [5.41, 5.74) is 5.27. The van der Waals surface area contributed by atoms with Crippen molar-refractivity contribution < 1.29 is 4.79 Å². The predicted molar refractivity (Wildman–Crippen MR) is 59.1 cm³/mol. The minimum absolute atomic E-state index is 0.180. The van der Waals surface area contributed by atoms with Crippen molar-refractivity contribution >= 4 is 5.91 Å². The summed E-state index contributed by atoms with van der Waals surface area (Å²) in [5, 5.41) is 3.08. The number of carbonyl (C=O) groups excluding carboxylic acids is 1. The molecule has 0 aromatic rings. The lowest BCUT2D eigenvalue weighted by Gasteiger charge is -2.21. The number of nitrogens with one attached hydrogen (secondary N) is 1. The van der Waals surface area contributed by atoms with Crippen molar-refractivity contribution in [3.8, 4) is 0 Å². The first kappa shape index (κ1) is 13.4. The molecule has 0 radical (unpaired) electrons. The van der Waals surface area contributed by atoms with Gasteiger partial charge in [-0.1, -0.05) is 20.8 Å². The van der Waals surface area contributed by atoms with Gasteiger partial charge in [0.2, 0.25) is 5.91 Å². The quantitative estimate of drug-likeness (QED) is 0.589.